The van der Waals surface area contributed by atoms with Crippen LogP contribution in [0.3, 0.4) is 0 Å². The van der Waals surface area contributed by atoms with Crippen molar-refractivity contribution in [3.63, 3.8) is 0 Å². The van der Waals surface area contributed by atoms with Gasteiger partial charge in [-0.1, -0.05) is 84.0 Å². The van der Waals surface area contributed by atoms with Crippen molar-refractivity contribution in [1.29, 1.82) is 0 Å². The Morgan fingerprint density at radius 3 is 2.10 bits per heavy atom. The summed E-state index contributed by atoms with van der Waals surface area (Å²) in [6.07, 6.45) is 4.99. The van der Waals surface area contributed by atoms with Crippen LogP contribution in [0.15, 0.2) is 71.9 Å². The molecule has 0 N–H and O–H groups in total. The molecule has 2 aromatic carbocycles. The summed E-state index contributed by atoms with van der Waals surface area (Å²) >= 11 is 0. The van der Waals surface area contributed by atoms with E-state index in [-0.39, 0.29) is 17.3 Å². The second-order valence-electron chi connectivity index (χ2n) is 8.45. The summed E-state index contributed by atoms with van der Waals surface area (Å²) in [6, 6.07) is 20.5. The van der Waals surface area contributed by atoms with Crippen LogP contribution in [0.4, 0.5) is 5.69 Å². The number of aromatic nitrogens is 1. The summed E-state index contributed by atoms with van der Waals surface area (Å²) in [7, 11) is 0. The predicted molar refractivity (Wildman–Crippen MR) is 129 cm³/mol. The monoisotopic (exact) mass is 402 g/mol. The lowest BCUT2D eigenvalue weighted by atomic mass is 9.82. The molecule has 0 saturated heterocycles. The van der Waals surface area contributed by atoms with Crippen LogP contribution in [-0.2, 0) is 10.2 Å². The minimum atomic E-state index is 0.177. The molecule has 2 heterocycles. The van der Waals surface area contributed by atoms with E-state index in [0.717, 1.165) is 17.6 Å². The molecule has 1 aromatic heterocycles. The van der Waals surface area contributed by atoms with E-state index < -0.39 is 0 Å². The highest BCUT2D eigenvalue weighted by Crippen LogP contribution is 2.38. The third-order valence-corrected chi connectivity index (χ3v) is 5.39. The number of ketones is 1. The van der Waals surface area contributed by atoms with Gasteiger partial charge in [-0.2, -0.15) is 0 Å². The van der Waals surface area contributed by atoms with Gasteiger partial charge in [0.25, 0.3) is 0 Å². The van der Waals surface area contributed by atoms with Gasteiger partial charge in [0.1, 0.15) is 5.78 Å². The third-order valence-electron chi connectivity index (χ3n) is 5.39. The van der Waals surface area contributed by atoms with E-state index in [1.807, 2.05) is 64.2 Å². The van der Waals surface area contributed by atoms with Crippen molar-refractivity contribution in [1.82, 2.24) is 4.98 Å². The van der Waals surface area contributed by atoms with E-state index in [9.17, 15) is 4.79 Å². The van der Waals surface area contributed by atoms with Crippen LogP contribution in [0.5, 0.6) is 0 Å². The maximum absolute atomic E-state index is 10.8. The molecule has 1 aliphatic rings. The van der Waals surface area contributed by atoms with Gasteiger partial charge in [-0.15, -0.1) is 0 Å². The van der Waals surface area contributed by atoms with Crippen molar-refractivity contribution in [3.8, 4) is 0 Å². The van der Waals surface area contributed by atoms with E-state index in [1.54, 1.807) is 0 Å². The molecular weight excluding hydrogens is 368 g/mol. The van der Waals surface area contributed by atoms with Crippen molar-refractivity contribution >= 4 is 28.6 Å². The number of hydrogen-bond donors (Lipinski definition) is 0. The van der Waals surface area contributed by atoms with Gasteiger partial charge in [0.2, 0.25) is 0 Å². The SMILES string of the molecule is CC(C)C(=O)C(C)C.CCC1(C)C=Nc2ccccc21.c1ccc2ncccc2c1. The van der Waals surface area contributed by atoms with E-state index >= 15 is 0 Å². The molecule has 0 aliphatic carbocycles. The number of rotatable bonds is 3. The van der Waals surface area contributed by atoms with Gasteiger partial charge < -0.3 is 0 Å². The first-order valence-corrected chi connectivity index (χ1v) is 10.8. The molecule has 1 unspecified atom stereocenters. The third kappa shape index (κ3) is 6.09. The first kappa shape index (κ1) is 23.5. The normalized spacial score (nSPS) is 16.5. The molecule has 0 fully saturated rings. The molecule has 158 valence electrons. The second kappa shape index (κ2) is 10.8. The Balaban J connectivity index is 0.000000164. The number of hydrogen-bond acceptors (Lipinski definition) is 3. The van der Waals surface area contributed by atoms with Gasteiger partial charge in [-0.3, -0.25) is 14.8 Å². The first-order valence-electron chi connectivity index (χ1n) is 10.8. The molecule has 0 amide bonds. The summed E-state index contributed by atoms with van der Waals surface area (Å²) < 4.78 is 0. The van der Waals surface area contributed by atoms with E-state index in [0.29, 0.717) is 5.78 Å². The van der Waals surface area contributed by atoms with Crippen LogP contribution in [0, 0.1) is 11.8 Å². The van der Waals surface area contributed by atoms with E-state index in [2.05, 4.69) is 60.4 Å². The molecule has 3 heteroatoms. The number of nitrogens with zero attached hydrogens (tertiary/aromatic N) is 2. The zero-order valence-corrected chi connectivity index (χ0v) is 19.1. The zero-order valence-electron chi connectivity index (χ0n) is 19.1. The number of para-hydroxylation sites is 2. The second-order valence-corrected chi connectivity index (χ2v) is 8.45. The fraction of sp³-hybridized carbons (Fsp3) is 0.370. The smallest absolute Gasteiger partial charge is 0.137 e. The Morgan fingerprint density at radius 2 is 1.50 bits per heavy atom. The van der Waals surface area contributed by atoms with Crippen LogP contribution in [-0.4, -0.2) is 17.0 Å². The Bertz CT molecular complexity index is 915. The Morgan fingerprint density at radius 1 is 0.900 bits per heavy atom. The van der Waals surface area contributed by atoms with Crippen molar-refractivity contribution in [2.45, 2.75) is 53.4 Å². The minimum Gasteiger partial charge on any atom is -0.299 e. The number of Topliss-reactive ketones (excluding diaryl/α,β-unsaturated/α-hetero) is 1. The first-order chi connectivity index (χ1) is 14.3. The lowest BCUT2D eigenvalue weighted by Crippen LogP contribution is -2.18. The van der Waals surface area contributed by atoms with Crippen molar-refractivity contribution in [2.75, 3.05) is 0 Å². The summed E-state index contributed by atoms with van der Waals surface area (Å²) in [5.74, 6) is 0.759. The standard InChI is InChI=1S/C11H13N.C9H7N.C7H14O/c1-3-11(2)8-12-10-7-5-4-6-9(10)11;1-2-6-9-8(4-1)5-3-7-10-9;1-5(2)7(8)6(3)4/h4-8H,3H2,1-2H3;1-7H;5-6H,1-4H3. The molecule has 1 atom stereocenters. The molecule has 3 aromatic rings. The van der Waals surface area contributed by atoms with Gasteiger partial charge in [0, 0.05) is 35.0 Å². The highest BCUT2D eigenvalue weighted by molar-refractivity contribution is 5.84. The average Bonchev–Trinajstić information content (AvgIpc) is 3.12. The summed E-state index contributed by atoms with van der Waals surface area (Å²) in [4.78, 5) is 19.4. The number of benzene rings is 2. The summed E-state index contributed by atoms with van der Waals surface area (Å²) in [6.45, 7) is 12.2. The van der Waals surface area contributed by atoms with Gasteiger partial charge in [0.05, 0.1) is 11.2 Å². The Labute approximate surface area is 181 Å². The van der Waals surface area contributed by atoms with Crippen molar-refractivity contribution in [3.05, 3.63) is 72.4 Å². The minimum absolute atomic E-state index is 0.177. The molecule has 3 nitrogen and oxygen atoms in total. The fourth-order valence-corrected chi connectivity index (χ4v) is 3.32. The number of carbonyl (C=O) groups is 1. The Kier molecular flexibility index (Phi) is 8.46. The van der Waals surface area contributed by atoms with Crippen LogP contribution in [0.2, 0.25) is 0 Å². The van der Waals surface area contributed by atoms with Crippen LogP contribution in [0.1, 0.15) is 53.5 Å². The van der Waals surface area contributed by atoms with E-state index in [4.69, 9.17) is 0 Å². The Hall–Kier alpha value is -2.81. The van der Waals surface area contributed by atoms with Crippen molar-refractivity contribution < 1.29 is 4.79 Å². The van der Waals surface area contributed by atoms with Crippen LogP contribution in [0.25, 0.3) is 10.9 Å². The largest absolute Gasteiger partial charge is 0.299 e. The molecule has 1 aliphatic heterocycles. The molecule has 0 spiro atoms. The quantitative estimate of drug-likeness (QED) is 0.466. The van der Waals surface area contributed by atoms with Gasteiger partial charge in [-0.25, -0.2) is 0 Å². The predicted octanol–water partition coefficient (Wildman–Crippen LogP) is 7.17. The molecule has 30 heavy (non-hydrogen) atoms. The number of fused-ring (bicyclic) bond motifs is 2. The van der Waals surface area contributed by atoms with Gasteiger partial charge >= 0.3 is 0 Å². The number of carbonyl (C=O) groups excluding carboxylic acids is 1. The maximum atomic E-state index is 10.8. The highest BCUT2D eigenvalue weighted by Gasteiger charge is 2.28. The molecule has 0 bridgehead atoms. The molecule has 0 saturated carbocycles. The molecule has 4 rings (SSSR count). The highest BCUT2D eigenvalue weighted by atomic mass is 16.1. The maximum Gasteiger partial charge on any atom is 0.137 e. The number of pyridine rings is 1. The lowest BCUT2D eigenvalue weighted by molar-refractivity contribution is -0.124. The molecule has 0 radical (unpaired) electrons. The fourth-order valence-electron chi connectivity index (χ4n) is 3.32. The van der Waals surface area contributed by atoms with E-state index in [1.165, 1.54) is 10.9 Å². The lowest BCUT2D eigenvalue weighted by Gasteiger charge is -2.19. The zero-order chi connectivity index (χ0) is 22.1. The van der Waals surface area contributed by atoms with Gasteiger partial charge in [-0.05, 0) is 30.2 Å². The summed E-state index contributed by atoms with van der Waals surface area (Å²) in [5.41, 5.74) is 3.75. The van der Waals surface area contributed by atoms with Crippen LogP contribution < -0.4 is 0 Å². The average molecular weight is 403 g/mol. The van der Waals surface area contributed by atoms with Crippen LogP contribution >= 0.6 is 0 Å². The number of aliphatic imine (C=N–C) groups is 1. The topological polar surface area (TPSA) is 42.3 Å². The van der Waals surface area contributed by atoms with Gasteiger partial charge in [0.15, 0.2) is 0 Å². The van der Waals surface area contributed by atoms with Crippen molar-refractivity contribution in [2.24, 2.45) is 16.8 Å². The molecular formula is C27H34N2O. The summed E-state index contributed by atoms with van der Waals surface area (Å²) in [5, 5.41) is 1.20.